The van der Waals surface area contributed by atoms with Crippen molar-refractivity contribution in [3.05, 3.63) is 0 Å². The first-order valence-corrected chi connectivity index (χ1v) is 23.9. The van der Waals surface area contributed by atoms with Gasteiger partial charge in [-0.1, -0.05) is 227 Å². The predicted octanol–water partition coefficient (Wildman–Crippen LogP) is 15.1. The molecular weight excluding hydrogens is 673 g/mol. The van der Waals surface area contributed by atoms with Gasteiger partial charge in [0.2, 0.25) is 0 Å². The van der Waals surface area contributed by atoms with Gasteiger partial charge in [-0.2, -0.15) is 0 Å². The molecule has 0 rings (SSSR count). The Kier molecular flexibility index (Phi) is 41.3. The summed E-state index contributed by atoms with van der Waals surface area (Å²) >= 11 is 0. The van der Waals surface area contributed by atoms with E-state index in [0.717, 1.165) is 63.7 Å². The molecule has 0 aromatic carbocycles. The van der Waals surface area contributed by atoms with Gasteiger partial charge in [0.1, 0.15) is 13.2 Å². The van der Waals surface area contributed by atoms with Crippen molar-refractivity contribution in [1.82, 2.24) is 0 Å². The molecule has 0 N–H and O–H groups in total. The summed E-state index contributed by atoms with van der Waals surface area (Å²) in [6.45, 7) is 8.97. The number of unbranched alkanes of at least 4 members (excludes halogenated alkanes) is 29. The normalized spacial score (nSPS) is 12.4. The summed E-state index contributed by atoms with van der Waals surface area (Å²) in [6.07, 6.45) is 42.3. The summed E-state index contributed by atoms with van der Waals surface area (Å²) in [5, 5.41) is 0. The number of carbonyl (C=O) groups excluding carboxylic acids is 3. The van der Waals surface area contributed by atoms with E-state index in [1.165, 1.54) is 161 Å². The molecule has 54 heavy (non-hydrogen) atoms. The third-order valence-corrected chi connectivity index (χ3v) is 11.2. The molecule has 0 aromatic rings. The van der Waals surface area contributed by atoms with Crippen LogP contribution in [0.25, 0.3) is 0 Å². The number of hydrogen-bond acceptors (Lipinski definition) is 6. The maximum atomic E-state index is 12.7. The smallest absolute Gasteiger partial charge is 0.306 e. The van der Waals surface area contributed by atoms with Crippen molar-refractivity contribution >= 4 is 17.9 Å². The molecule has 0 aliphatic carbocycles. The molecule has 0 fully saturated rings. The Morgan fingerprint density at radius 2 is 0.648 bits per heavy atom. The summed E-state index contributed by atoms with van der Waals surface area (Å²) in [6, 6.07) is 0. The zero-order valence-electron chi connectivity index (χ0n) is 36.7. The van der Waals surface area contributed by atoms with Crippen molar-refractivity contribution in [3.63, 3.8) is 0 Å². The van der Waals surface area contributed by atoms with Crippen LogP contribution >= 0.6 is 0 Å². The van der Waals surface area contributed by atoms with E-state index in [9.17, 15) is 14.4 Å². The zero-order valence-corrected chi connectivity index (χ0v) is 36.7. The van der Waals surface area contributed by atoms with Crippen LogP contribution in [0.15, 0.2) is 0 Å². The molecule has 0 heterocycles. The van der Waals surface area contributed by atoms with Gasteiger partial charge in [-0.3, -0.25) is 14.4 Å². The lowest BCUT2D eigenvalue weighted by atomic mass is 10.00. The van der Waals surface area contributed by atoms with Crippen LogP contribution in [0, 0.1) is 5.92 Å². The third kappa shape index (κ3) is 40.1. The van der Waals surface area contributed by atoms with E-state index < -0.39 is 6.10 Å². The van der Waals surface area contributed by atoms with E-state index in [1.54, 1.807) is 0 Å². The highest BCUT2D eigenvalue weighted by Gasteiger charge is 2.19. The maximum Gasteiger partial charge on any atom is 0.306 e. The first kappa shape index (κ1) is 52.4. The Morgan fingerprint density at radius 1 is 0.370 bits per heavy atom. The summed E-state index contributed by atoms with van der Waals surface area (Å²) in [5.41, 5.74) is 0. The van der Waals surface area contributed by atoms with Gasteiger partial charge in [-0.05, 0) is 25.2 Å². The minimum atomic E-state index is -0.760. The largest absolute Gasteiger partial charge is 0.462 e. The predicted molar refractivity (Wildman–Crippen MR) is 229 cm³/mol. The topological polar surface area (TPSA) is 78.9 Å². The molecular formula is C48H92O6. The van der Waals surface area contributed by atoms with Gasteiger partial charge in [0, 0.05) is 19.3 Å². The molecule has 0 amide bonds. The van der Waals surface area contributed by atoms with Crippen LogP contribution in [-0.4, -0.2) is 37.2 Å². The molecule has 0 spiro atoms. The number of hydrogen-bond donors (Lipinski definition) is 0. The molecule has 0 saturated carbocycles. The van der Waals surface area contributed by atoms with Crippen molar-refractivity contribution in [1.29, 1.82) is 0 Å². The fourth-order valence-corrected chi connectivity index (χ4v) is 7.12. The molecule has 320 valence electrons. The van der Waals surface area contributed by atoms with Crippen molar-refractivity contribution in [2.45, 2.75) is 271 Å². The number of esters is 3. The number of carbonyl (C=O) groups is 3. The first-order valence-electron chi connectivity index (χ1n) is 23.9. The first-order chi connectivity index (χ1) is 26.4. The fourth-order valence-electron chi connectivity index (χ4n) is 7.12. The molecule has 0 aliphatic heterocycles. The van der Waals surface area contributed by atoms with E-state index in [2.05, 4.69) is 27.7 Å². The van der Waals surface area contributed by atoms with Crippen molar-refractivity contribution in [3.8, 4) is 0 Å². The maximum absolute atomic E-state index is 12.7. The lowest BCUT2D eigenvalue weighted by Gasteiger charge is -2.18. The van der Waals surface area contributed by atoms with Crippen LogP contribution < -0.4 is 0 Å². The second kappa shape index (κ2) is 42.6. The molecule has 0 aromatic heterocycles. The van der Waals surface area contributed by atoms with Gasteiger partial charge in [-0.25, -0.2) is 0 Å². The van der Waals surface area contributed by atoms with Crippen LogP contribution in [0.5, 0.6) is 0 Å². The Balaban J connectivity index is 4.31. The highest BCUT2D eigenvalue weighted by molar-refractivity contribution is 5.71. The molecule has 0 radical (unpaired) electrons. The van der Waals surface area contributed by atoms with Crippen molar-refractivity contribution < 1.29 is 28.6 Å². The van der Waals surface area contributed by atoms with E-state index >= 15 is 0 Å². The monoisotopic (exact) mass is 765 g/mol. The van der Waals surface area contributed by atoms with Crippen LogP contribution in [-0.2, 0) is 28.6 Å². The number of ether oxygens (including phenoxy) is 3. The Labute approximate surface area is 336 Å². The highest BCUT2D eigenvalue weighted by Crippen LogP contribution is 2.17. The Morgan fingerprint density at radius 3 is 0.963 bits per heavy atom. The van der Waals surface area contributed by atoms with Crippen LogP contribution in [0.1, 0.15) is 265 Å². The summed E-state index contributed by atoms with van der Waals surface area (Å²) < 4.78 is 16.7. The lowest BCUT2D eigenvalue weighted by molar-refractivity contribution is -0.167. The SMILES string of the molecule is CCCCCCCCCCCCCCCCC(=O)OC[C@H](COC(=O)CCCCCCCCCCCCCC)OC(=O)CCCCCCCCC(C)CC. The van der Waals surface area contributed by atoms with Crippen molar-refractivity contribution in [2.24, 2.45) is 5.92 Å². The fraction of sp³-hybridized carbons (Fsp3) is 0.938. The van der Waals surface area contributed by atoms with Crippen LogP contribution in [0.2, 0.25) is 0 Å². The molecule has 6 heteroatoms. The third-order valence-electron chi connectivity index (χ3n) is 11.2. The second-order valence-electron chi connectivity index (χ2n) is 16.6. The van der Waals surface area contributed by atoms with E-state index in [-0.39, 0.29) is 31.1 Å². The standard InChI is InChI=1S/C48H92O6/c1-5-8-10-12-14-16-18-20-21-23-25-27-32-36-40-47(50)53-43-45(54-48(51)41-37-33-29-28-30-34-38-44(4)7-3)42-52-46(49)39-35-31-26-24-22-19-17-15-13-11-9-6-2/h44-45H,5-43H2,1-4H3/t44?,45-/m0/s1. The van der Waals surface area contributed by atoms with Gasteiger partial charge >= 0.3 is 17.9 Å². The Hall–Kier alpha value is -1.59. The van der Waals surface area contributed by atoms with Gasteiger partial charge in [0.25, 0.3) is 0 Å². The van der Waals surface area contributed by atoms with E-state index in [1.807, 2.05) is 0 Å². The minimum Gasteiger partial charge on any atom is -0.462 e. The molecule has 0 aliphatic rings. The Bertz CT molecular complexity index is 813. The molecule has 6 nitrogen and oxygen atoms in total. The molecule has 0 bridgehead atoms. The van der Waals surface area contributed by atoms with Gasteiger partial charge in [0.05, 0.1) is 0 Å². The minimum absolute atomic E-state index is 0.0642. The van der Waals surface area contributed by atoms with Gasteiger partial charge in [0.15, 0.2) is 6.10 Å². The molecule has 2 atom stereocenters. The molecule has 1 unspecified atom stereocenters. The van der Waals surface area contributed by atoms with Crippen molar-refractivity contribution in [2.75, 3.05) is 13.2 Å². The van der Waals surface area contributed by atoms with Crippen LogP contribution in [0.3, 0.4) is 0 Å². The summed E-state index contributed by atoms with van der Waals surface area (Å²) in [4.78, 5) is 37.7. The number of rotatable bonds is 43. The average Bonchev–Trinajstić information content (AvgIpc) is 3.17. The zero-order chi connectivity index (χ0) is 39.6. The van der Waals surface area contributed by atoms with Gasteiger partial charge in [-0.15, -0.1) is 0 Å². The van der Waals surface area contributed by atoms with Crippen LogP contribution in [0.4, 0.5) is 0 Å². The summed E-state index contributed by atoms with van der Waals surface area (Å²) in [5.74, 6) is -0.0437. The van der Waals surface area contributed by atoms with E-state index in [4.69, 9.17) is 14.2 Å². The quantitative estimate of drug-likeness (QED) is 0.0349. The summed E-state index contributed by atoms with van der Waals surface area (Å²) in [7, 11) is 0. The highest BCUT2D eigenvalue weighted by atomic mass is 16.6. The van der Waals surface area contributed by atoms with Gasteiger partial charge < -0.3 is 14.2 Å². The lowest BCUT2D eigenvalue weighted by Crippen LogP contribution is -2.30. The van der Waals surface area contributed by atoms with E-state index in [0.29, 0.717) is 19.3 Å². The average molecular weight is 765 g/mol. The second-order valence-corrected chi connectivity index (χ2v) is 16.6. The molecule has 0 saturated heterocycles.